The van der Waals surface area contributed by atoms with Crippen LogP contribution in [0.5, 0.6) is 0 Å². The van der Waals surface area contributed by atoms with Gasteiger partial charge in [-0.15, -0.1) is 0 Å². The van der Waals surface area contributed by atoms with Gasteiger partial charge < -0.3 is 4.74 Å². The molecule has 2 rings (SSSR count). The van der Waals surface area contributed by atoms with E-state index in [1.165, 1.54) is 0 Å². The molecule has 0 unspecified atom stereocenters. The van der Waals surface area contributed by atoms with Gasteiger partial charge in [-0.1, -0.05) is 0 Å². The van der Waals surface area contributed by atoms with Gasteiger partial charge in [-0.05, 0) is 33.6 Å². The predicted octanol–water partition coefficient (Wildman–Crippen LogP) is 1.64. The van der Waals surface area contributed by atoms with Crippen LogP contribution in [0.4, 0.5) is 5.69 Å². The predicted molar refractivity (Wildman–Crippen MR) is 79.3 cm³/mol. The van der Waals surface area contributed by atoms with Gasteiger partial charge in [0, 0.05) is 13.1 Å². The number of hydrogen-bond donors (Lipinski definition) is 0. The Labute approximate surface area is 129 Å². The van der Waals surface area contributed by atoms with E-state index < -0.39 is 0 Å². The molecule has 0 atom stereocenters. The third-order valence-electron chi connectivity index (χ3n) is 4.07. The number of rotatable bonds is 5. The number of esters is 1. The number of nitrogens with zero attached hydrogens (tertiary/aromatic N) is 4. The van der Waals surface area contributed by atoms with Gasteiger partial charge in [-0.3, -0.25) is 19.8 Å². The van der Waals surface area contributed by atoms with E-state index in [0.717, 1.165) is 25.9 Å². The molecular formula is C14H22N4O4. The Morgan fingerprint density at radius 1 is 1.41 bits per heavy atom. The van der Waals surface area contributed by atoms with Crippen molar-refractivity contribution in [1.29, 1.82) is 0 Å². The van der Waals surface area contributed by atoms with Crippen LogP contribution in [0, 0.1) is 29.9 Å². The normalized spacial score (nSPS) is 16.7. The van der Waals surface area contributed by atoms with Crippen LogP contribution >= 0.6 is 0 Å². The minimum Gasteiger partial charge on any atom is -0.466 e. The van der Waals surface area contributed by atoms with Gasteiger partial charge >= 0.3 is 11.7 Å². The SMILES string of the molecule is CCOC(=O)C1CCN(Cn2nc(C)c([N+](=O)[O-])c2C)CC1. The van der Waals surface area contributed by atoms with Crippen LogP contribution in [0.3, 0.4) is 0 Å². The number of carbonyl (C=O) groups is 1. The van der Waals surface area contributed by atoms with E-state index in [2.05, 4.69) is 10.00 Å². The highest BCUT2D eigenvalue weighted by Crippen LogP contribution is 2.24. The Hall–Kier alpha value is -1.96. The molecule has 0 saturated carbocycles. The summed E-state index contributed by atoms with van der Waals surface area (Å²) in [6.07, 6.45) is 1.50. The first kappa shape index (κ1) is 16.4. The van der Waals surface area contributed by atoms with E-state index in [1.807, 2.05) is 6.92 Å². The minimum atomic E-state index is -0.388. The Balaban J connectivity index is 1.95. The van der Waals surface area contributed by atoms with Gasteiger partial charge in [0.05, 0.1) is 24.1 Å². The molecule has 0 spiro atoms. The Bertz CT molecular complexity index is 561. The highest BCUT2D eigenvalue weighted by molar-refractivity contribution is 5.72. The molecule has 8 heteroatoms. The van der Waals surface area contributed by atoms with Crippen molar-refractivity contribution in [2.45, 2.75) is 40.3 Å². The van der Waals surface area contributed by atoms with Crippen LogP contribution in [0.15, 0.2) is 0 Å². The summed E-state index contributed by atoms with van der Waals surface area (Å²) < 4.78 is 6.71. The Morgan fingerprint density at radius 2 is 2.05 bits per heavy atom. The lowest BCUT2D eigenvalue weighted by Crippen LogP contribution is -2.38. The molecule has 1 aliphatic heterocycles. The molecule has 0 radical (unpaired) electrons. The zero-order valence-electron chi connectivity index (χ0n) is 13.2. The molecule has 1 fully saturated rings. The summed E-state index contributed by atoms with van der Waals surface area (Å²) in [4.78, 5) is 24.5. The topological polar surface area (TPSA) is 90.5 Å². The lowest BCUT2D eigenvalue weighted by atomic mass is 9.97. The number of likely N-dealkylation sites (tertiary alicyclic amines) is 1. The first-order valence-corrected chi connectivity index (χ1v) is 7.51. The molecule has 1 saturated heterocycles. The molecule has 22 heavy (non-hydrogen) atoms. The van der Waals surface area contributed by atoms with Gasteiger partial charge in [-0.25, -0.2) is 4.68 Å². The van der Waals surface area contributed by atoms with Crippen molar-refractivity contribution < 1.29 is 14.5 Å². The molecule has 2 heterocycles. The van der Waals surface area contributed by atoms with Gasteiger partial charge in [0.1, 0.15) is 11.4 Å². The second kappa shape index (κ2) is 6.87. The molecule has 1 aromatic rings. The number of hydrogen-bond acceptors (Lipinski definition) is 6. The highest BCUT2D eigenvalue weighted by Gasteiger charge is 2.28. The third-order valence-corrected chi connectivity index (χ3v) is 4.07. The van der Waals surface area contributed by atoms with Crippen LogP contribution in [0.25, 0.3) is 0 Å². The number of aryl methyl sites for hydroxylation is 1. The molecule has 0 amide bonds. The molecule has 1 aliphatic rings. The Kier molecular flexibility index (Phi) is 5.12. The van der Waals surface area contributed by atoms with Gasteiger partial charge in [0.15, 0.2) is 0 Å². The number of nitro groups is 1. The molecule has 0 N–H and O–H groups in total. The maximum absolute atomic E-state index is 11.7. The number of ether oxygens (including phenoxy) is 1. The summed E-state index contributed by atoms with van der Waals surface area (Å²) in [7, 11) is 0. The molecule has 0 bridgehead atoms. The summed E-state index contributed by atoms with van der Waals surface area (Å²) in [5.74, 6) is -0.158. The number of aromatic nitrogens is 2. The van der Waals surface area contributed by atoms with E-state index in [1.54, 1.807) is 18.5 Å². The number of carbonyl (C=O) groups excluding carboxylic acids is 1. The summed E-state index contributed by atoms with van der Waals surface area (Å²) in [5, 5.41) is 15.3. The summed E-state index contributed by atoms with van der Waals surface area (Å²) in [6.45, 7) is 7.61. The van der Waals surface area contributed by atoms with Crippen LogP contribution in [-0.4, -0.2) is 45.3 Å². The van der Waals surface area contributed by atoms with Crippen molar-refractivity contribution in [1.82, 2.24) is 14.7 Å². The molecule has 8 nitrogen and oxygen atoms in total. The fourth-order valence-electron chi connectivity index (χ4n) is 2.85. The lowest BCUT2D eigenvalue weighted by molar-refractivity contribution is -0.386. The first-order valence-electron chi connectivity index (χ1n) is 7.51. The fourth-order valence-corrected chi connectivity index (χ4v) is 2.85. The number of piperidine rings is 1. The molecular weight excluding hydrogens is 288 g/mol. The van der Waals surface area contributed by atoms with Crippen molar-refractivity contribution in [2.24, 2.45) is 5.92 Å². The quantitative estimate of drug-likeness (QED) is 0.466. The van der Waals surface area contributed by atoms with E-state index in [-0.39, 0.29) is 22.5 Å². The van der Waals surface area contributed by atoms with Crippen molar-refractivity contribution >= 4 is 11.7 Å². The Morgan fingerprint density at radius 3 is 2.55 bits per heavy atom. The lowest BCUT2D eigenvalue weighted by Gasteiger charge is -2.30. The first-order chi connectivity index (χ1) is 10.4. The minimum absolute atomic E-state index is 0.0361. The summed E-state index contributed by atoms with van der Waals surface area (Å²) >= 11 is 0. The zero-order valence-corrected chi connectivity index (χ0v) is 13.2. The van der Waals surface area contributed by atoms with E-state index in [9.17, 15) is 14.9 Å². The molecule has 0 aromatic carbocycles. The molecule has 0 aliphatic carbocycles. The van der Waals surface area contributed by atoms with Crippen molar-refractivity contribution in [3.8, 4) is 0 Å². The zero-order chi connectivity index (χ0) is 16.3. The fraction of sp³-hybridized carbons (Fsp3) is 0.714. The van der Waals surface area contributed by atoms with Crippen molar-refractivity contribution in [3.05, 3.63) is 21.5 Å². The average Bonchev–Trinajstić information content (AvgIpc) is 2.74. The van der Waals surface area contributed by atoms with Crippen LogP contribution in [-0.2, 0) is 16.2 Å². The highest BCUT2D eigenvalue weighted by atomic mass is 16.6. The van der Waals surface area contributed by atoms with Gasteiger partial charge in [-0.2, -0.15) is 5.10 Å². The standard InChI is InChI=1S/C14H22N4O4/c1-4-22-14(19)12-5-7-16(8-6-12)9-17-11(3)13(18(20)21)10(2)15-17/h12H,4-9H2,1-3H3. The van der Waals surface area contributed by atoms with Crippen LogP contribution in [0.2, 0.25) is 0 Å². The second-order valence-corrected chi connectivity index (χ2v) is 5.56. The smallest absolute Gasteiger partial charge is 0.312 e. The largest absolute Gasteiger partial charge is 0.466 e. The van der Waals surface area contributed by atoms with Crippen molar-refractivity contribution in [3.63, 3.8) is 0 Å². The van der Waals surface area contributed by atoms with E-state index in [4.69, 9.17) is 4.74 Å². The third kappa shape index (κ3) is 3.44. The summed E-state index contributed by atoms with van der Waals surface area (Å²) in [5.41, 5.74) is 1.08. The summed E-state index contributed by atoms with van der Waals surface area (Å²) in [6, 6.07) is 0. The maximum atomic E-state index is 11.7. The van der Waals surface area contributed by atoms with E-state index >= 15 is 0 Å². The molecule has 122 valence electrons. The van der Waals surface area contributed by atoms with Gasteiger partial charge in [0.2, 0.25) is 0 Å². The second-order valence-electron chi connectivity index (χ2n) is 5.56. The maximum Gasteiger partial charge on any atom is 0.312 e. The van der Waals surface area contributed by atoms with Crippen LogP contribution in [0.1, 0.15) is 31.2 Å². The monoisotopic (exact) mass is 310 g/mol. The molecule has 1 aromatic heterocycles. The van der Waals surface area contributed by atoms with E-state index in [0.29, 0.717) is 24.7 Å². The van der Waals surface area contributed by atoms with Crippen LogP contribution < -0.4 is 0 Å². The average molecular weight is 310 g/mol. The van der Waals surface area contributed by atoms with Crippen molar-refractivity contribution in [2.75, 3.05) is 19.7 Å². The van der Waals surface area contributed by atoms with Gasteiger partial charge in [0.25, 0.3) is 0 Å².